The lowest BCUT2D eigenvalue weighted by Crippen LogP contribution is -2.29. The largest absolute Gasteiger partial charge is 0.395 e. The first-order chi connectivity index (χ1) is 4.85. The van der Waals surface area contributed by atoms with E-state index in [9.17, 15) is 0 Å². The van der Waals surface area contributed by atoms with Gasteiger partial charge in [-0.05, 0) is 25.0 Å². The van der Waals surface area contributed by atoms with Crippen LogP contribution < -0.4 is 5.32 Å². The molecule has 0 spiro atoms. The molecule has 2 N–H and O–H groups in total. The van der Waals surface area contributed by atoms with Crippen molar-refractivity contribution in [3.8, 4) is 0 Å². The van der Waals surface area contributed by atoms with E-state index in [1.165, 1.54) is 5.75 Å². The Balaban J connectivity index is 3.09. The summed E-state index contributed by atoms with van der Waals surface area (Å²) >= 11 is 1.92. The van der Waals surface area contributed by atoms with E-state index in [1.54, 1.807) is 0 Å². The number of hydrogen-bond acceptors (Lipinski definition) is 3. The third-order valence-corrected chi connectivity index (χ3v) is 2.38. The molecule has 2 nitrogen and oxygen atoms in total. The summed E-state index contributed by atoms with van der Waals surface area (Å²) in [6.07, 6.45) is 1.06. The Morgan fingerprint density at radius 2 is 2.30 bits per heavy atom. The SMILES string of the molecule is CCSCCC(CO)NC. The molecule has 0 aromatic heterocycles. The second-order valence-corrected chi connectivity index (χ2v) is 3.55. The summed E-state index contributed by atoms with van der Waals surface area (Å²) in [6.45, 7) is 2.40. The fourth-order valence-corrected chi connectivity index (χ4v) is 1.44. The highest BCUT2D eigenvalue weighted by molar-refractivity contribution is 7.99. The fourth-order valence-electron chi connectivity index (χ4n) is 0.697. The molecule has 0 saturated carbocycles. The summed E-state index contributed by atoms with van der Waals surface area (Å²) in [5.74, 6) is 2.31. The number of likely N-dealkylation sites (N-methyl/N-ethyl adjacent to an activating group) is 1. The van der Waals surface area contributed by atoms with Crippen LogP contribution >= 0.6 is 11.8 Å². The number of rotatable bonds is 6. The van der Waals surface area contributed by atoms with E-state index in [-0.39, 0.29) is 6.61 Å². The summed E-state index contributed by atoms with van der Waals surface area (Å²) in [5, 5.41) is 11.8. The highest BCUT2D eigenvalue weighted by atomic mass is 32.2. The minimum absolute atomic E-state index is 0.251. The molecule has 1 atom stereocenters. The Bertz CT molecular complexity index is 66.6. The Hall–Kier alpha value is 0.270. The molecule has 0 aromatic rings. The van der Waals surface area contributed by atoms with Crippen molar-refractivity contribution in [1.29, 1.82) is 0 Å². The van der Waals surface area contributed by atoms with Crippen LogP contribution in [0.1, 0.15) is 13.3 Å². The van der Waals surface area contributed by atoms with Crippen LogP contribution in [0, 0.1) is 0 Å². The quantitative estimate of drug-likeness (QED) is 0.566. The highest BCUT2D eigenvalue weighted by Gasteiger charge is 2.01. The molecule has 0 heterocycles. The van der Waals surface area contributed by atoms with Gasteiger partial charge in [-0.25, -0.2) is 0 Å². The molecule has 0 bridgehead atoms. The van der Waals surface area contributed by atoms with Crippen LogP contribution in [0.5, 0.6) is 0 Å². The van der Waals surface area contributed by atoms with Gasteiger partial charge in [0.15, 0.2) is 0 Å². The summed E-state index contributed by atoms with van der Waals surface area (Å²) in [6, 6.07) is 0.291. The first kappa shape index (κ1) is 10.3. The van der Waals surface area contributed by atoms with Gasteiger partial charge in [0.05, 0.1) is 6.61 Å². The second kappa shape index (κ2) is 7.38. The van der Waals surface area contributed by atoms with Crippen molar-refractivity contribution in [1.82, 2.24) is 5.32 Å². The number of nitrogens with one attached hydrogen (secondary N) is 1. The molecule has 62 valence electrons. The molecule has 1 unspecified atom stereocenters. The van der Waals surface area contributed by atoms with Gasteiger partial charge in [0.1, 0.15) is 0 Å². The van der Waals surface area contributed by atoms with E-state index in [4.69, 9.17) is 5.11 Å². The molecule has 0 radical (unpaired) electrons. The van der Waals surface area contributed by atoms with E-state index in [2.05, 4.69) is 12.2 Å². The van der Waals surface area contributed by atoms with Crippen LogP contribution in [0.4, 0.5) is 0 Å². The summed E-state index contributed by atoms with van der Waals surface area (Å²) in [4.78, 5) is 0. The zero-order chi connectivity index (χ0) is 7.82. The number of aliphatic hydroxyl groups is 1. The van der Waals surface area contributed by atoms with Crippen LogP contribution in [0.3, 0.4) is 0 Å². The maximum atomic E-state index is 8.75. The van der Waals surface area contributed by atoms with Gasteiger partial charge >= 0.3 is 0 Å². The predicted octanol–water partition coefficient (Wildman–Crippen LogP) is 0.710. The van der Waals surface area contributed by atoms with Crippen molar-refractivity contribution in [2.75, 3.05) is 25.2 Å². The Labute approximate surface area is 67.4 Å². The standard InChI is InChI=1S/C7H17NOS/c1-3-10-5-4-7(6-9)8-2/h7-9H,3-6H2,1-2H3. The molecule has 0 saturated heterocycles. The summed E-state index contributed by atoms with van der Waals surface area (Å²) < 4.78 is 0. The number of thioether (sulfide) groups is 1. The smallest absolute Gasteiger partial charge is 0.0584 e. The van der Waals surface area contributed by atoms with Crippen molar-refractivity contribution >= 4 is 11.8 Å². The van der Waals surface area contributed by atoms with Gasteiger partial charge in [0.25, 0.3) is 0 Å². The predicted molar refractivity (Wildman–Crippen MR) is 47.5 cm³/mol. The molecule has 0 aliphatic heterocycles. The second-order valence-electron chi connectivity index (χ2n) is 2.15. The normalized spacial score (nSPS) is 13.5. The van der Waals surface area contributed by atoms with Gasteiger partial charge < -0.3 is 10.4 Å². The third kappa shape index (κ3) is 5.09. The highest BCUT2D eigenvalue weighted by Crippen LogP contribution is 2.02. The summed E-state index contributed by atoms with van der Waals surface area (Å²) in [7, 11) is 1.89. The first-order valence-corrected chi connectivity index (χ1v) is 4.86. The van der Waals surface area contributed by atoms with Crippen molar-refractivity contribution in [2.24, 2.45) is 0 Å². The van der Waals surface area contributed by atoms with Crippen LogP contribution in [-0.2, 0) is 0 Å². The van der Waals surface area contributed by atoms with E-state index < -0.39 is 0 Å². The van der Waals surface area contributed by atoms with Gasteiger partial charge in [-0.3, -0.25) is 0 Å². The van der Waals surface area contributed by atoms with E-state index >= 15 is 0 Å². The average Bonchev–Trinajstić information content (AvgIpc) is 1.99. The van der Waals surface area contributed by atoms with E-state index in [0.29, 0.717) is 6.04 Å². The van der Waals surface area contributed by atoms with E-state index in [0.717, 1.165) is 12.2 Å². The lowest BCUT2D eigenvalue weighted by atomic mass is 10.2. The lowest BCUT2D eigenvalue weighted by molar-refractivity contribution is 0.246. The topological polar surface area (TPSA) is 32.3 Å². The molecule has 0 aliphatic rings. The zero-order valence-electron chi connectivity index (χ0n) is 6.76. The molecule has 0 amide bonds. The minimum Gasteiger partial charge on any atom is -0.395 e. The molecular weight excluding hydrogens is 146 g/mol. The summed E-state index contributed by atoms with van der Waals surface area (Å²) in [5.41, 5.74) is 0. The van der Waals surface area contributed by atoms with Crippen LogP contribution in [0.25, 0.3) is 0 Å². The number of aliphatic hydroxyl groups excluding tert-OH is 1. The van der Waals surface area contributed by atoms with Gasteiger partial charge in [-0.1, -0.05) is 6.92 Å². The van der Waals surface area contributed by atoms with Gasteiger partial charge in [-0.2, -0.15) is 11.8 Å². The molecule has 10 heavy (non-hydrogen) atoms. The zero-order valence-corrected chi connectivity index (χ0v) is 7.58. The van der Waals surface area contributed by atoms with Crippen molar-refractivity contribution < 1.29 is 5.11 Å². The van der Waals surface area contributed by atoms with Gasteiger partial charge in [0, 0.05) is 6.04 Å². The molecular formula is C7H17NOS. The molecule has 3 heteroatoms. The van der Waals surface area contributed by atoms with Crippen molar-refractivity contribution in [3.05, 3.63) is 0 Å². The van der Waals surface area contributed by atoms with Crippen molar-refractivity contribution in [2.45, 2.75) is 19.4 Å². The van der Waals surface area contributed by atoms with Crippen molar-refractivity contribution in [3.63, 3.8) is 0 Å². The minimum atomic E-state index is 0.251. The Morgan fingerprint density at radius 1 is 1.60 bits per heavy atom. The van der Waals surface area contributed by atoms with Gasteiger partial charge in [-0.15, -0.1) is 0 Å². The Morgan fingerprint density at radius 3 is 2.70 bits per heavy atom. The van der Waals surface area contributed by atoms with Crippen LogP contribution in [0.2, 0.25) is 0 Å². The maximum Gasteiger partial charge on any atom is 0.0584 e. The maximum absolute atomic E-state index is 8.75. The number of hydrogen-bond donors (Lipinski definition) is 2. The lowest BCUT2D eigenvalue weighted by Gasteiger charge is -2.11. The third-order valence-electron chi connectivity index (χ3n) is 1.44. The molecule has 0 aromatic carbocycles. The monoisotopic (exact) mass is 163 g/mol. The van der Waals surface area contributed by atoms with Crippen LogP contribution in [-0.4, -0.2) is 36.3 Å². The molecule has 0 fully saturated rings. The fraction of sp³-hybridized carbons (Fsp3) is 1.00. The van der Waals surface area contributed by atoms with E-state index in [1.807, 2.05) is 18.8 Å². The van der Waals surface area contributed by atoms with Crippen LogP contribution in [0.15, 0.2) is 0 Å². The van der Waals surface area contributed by atoms with Gasteiger partial charge in [0.2, 0.25) is 0 Å². The Kier molecular flexibility index (Phi) is 7.58. The molecule has 0 rings (SSSR count). The molecule has 0 aliphatic carbocycles. The first-order valence-electron chi connectivity index (χ1n) is 3.71. The average molecular weight is 163 g/mol.